The second kappa shape index (κ2) is 5.66. The summed E-state index contributed by atoms with van der Waals surface area (Å²) in [7, 11) is 0. The molecule has 0 fully saturated rings. The first kappa shape index (κ1) is 17.5. The Balaban J connectivity index is 6.01. The molecule has 0 spiro atoms. The van der Waals surface area contributed by atoms with Gasteiger partial charge in [0, 0.05) is 0 Å². The lowest BCUT2D eigenvalue weighted by molar-refractivity contribution is -0.210. The van der Waals surface area contributed by atoms with Crippen molar-refractivity contribution in [2.24, 2.45) is 0 Å². The van der Waals surface area contributed by atoms with Gasteiger partial charge in [0.1, 0.15) is 12.2 Å². The van der Waals surface area contributed by atoms with E-state index in [4.69, 9.17) is 0 Å². The van der Waals surface area contributed by atoms with Gasteiger partial charge in [0.05, 0.1) is 0 Å². The molecule has 0 aliphatic carbocycles. The van der Waals surface area contributed by atoms with Gasteiger partial charge in [-0.05, 0) is 20.8 Å². The predicted molar refractivity (Wildman–Crippen MR) is 60.0 cm³/mol. The molecule has 8 nitrogen and oxygen atoms in total. The molecule has 19 heavy (non-hydrogen) atoms. The van der Waals surface area contributed by atoms with Gasteiger partial charge in [-0.2, -0.15) is 0 Å². The van der Waals surface area contributed by atoms with Crippen molar-refractivity contribution in [3.8, 4) is 0 Å². The van der Waals surface area contributed by atoms with Gasteiger partial charge in [0.2, 0.25) is 5.60 Å². The fourth-order valence-electron chi connectivity index (χ4n) is 1.59. The van der Waals surface area contributed by atoms with E-state index in [0.717, 1.165) is 6.92 Å². The summed E-state index contributed by atoms with van der Waals surface area (Å²) in [6, 6.07) is 0. The molecule has 0 rings (SSSR count). The number of hydrogen-bond acceptors (Lipinski definition) is 8. The number of aliphatic hydroxyl groups excluding tert-OH is 2. The van der Waals surface area contributed by atoms with Crippen molar-refractivity contribution < 1.29 is 39.6 Å². The molecule has 0 aromatic rings. The third-order valence-corrected chi connectivity index (χ3v) is 2.97. The van der Waals surface area contributed by atoms with Gasteiger partial charge in [-0.1, -0.05) is 0 Å². The number of aliphatic hydroxyl groups is 4. The molecule has 0 saturated heterocycles. The molecular weight excluding hydrogens is 260 g/mol. The topological polar surface area (TPSA) is 149 Å². The van der Waals surface area contributed by atoms with Gasteiger partial charge in [0.15, 0.2) is 29.2 Å². The van der Waals surface area contributed by atoms with E-state index in [2.05, 4.69) is 0 Å². The van der Waals surface area contributed by atoms with E-state index >= 15 is 0 Å². The van der Waals surface area contributed by atoms with Crippen LogP contribution >= 0.6 is 0 Å². The second-order valence-corrected chi connectivity index (χ2v) is 4.26. The fraction of sp³-hybridized carbons (Fsp3) is 0.636. The van der Waals surface area contributed by atoms with Gasteiger partial charge in [-0.3, -0.25) is 19.2 Å². The molecular formula is C11H16O8. The van der Waals surface area contributed by atoms with E-state index in [-0.39, 0.29) is 0 Å². The number of carbonyl (C=O) groups excluding carboxylic acids is 4. The first-order valence-electron chi connectivity index (χ1n) is 5.26. The molecule has 0 heterocycles. The highest BCUT2D eigenvalue weighted by molar-refractivity contribution is 6.08. The second-order valence-electron chi connectivity index (χ2n) is 4.26. The van der Waals surface area contributed by atoms with Crippen LogP contribution in [-0.2, 0) is 19.2 Å². The SMILES string of the molecule is CC(=O)C(O)[C@@H](O)[C@](O)(C(C)=O)[C@@](O)(C=O)C(C)=O. The molecule has 8 heteroatoms. The maximum Gasteiger partial charge on any atom is 0.216 e. The first-order valence-corrected chi connectivity index (χ1v) is 5.26. The lowest BCUT2D eigenvalue weighted by Gasteiger charge is -2.40. The van der Waals surface area contributed by atoms with Crippen LogP contribution in [0.5, 0.6) is 0 Å². The van der Waals surface area contributed by atoms with Crippen molar-refractivity contribution in [3.63, 3.8) is 0 Å². The number of hydrogen-bond donors (Lipinski definition) is 4. The quantitative estimate of drug-likeness (QED) is 0.286. The molecule has 0 aromatic carbocycles. The van der Waals surface area contributed by atoms with Crippen molar-refractivity contribution in [2.75, 3.05) is 0 Å². The number of aldehydes is 1. The maximum atomic E-state index is 11.4. The van der Waals surface area contributed by atoms with Gasteiger partial charge in [-0.25, -0.2) is 0 Å². The Labute approximate surface area is 108 Å². The molecule has 0 aromatic heterocycles. The minimum atomic E-state index is -3.33. The molecule has 0 amide bonds. The average Bonchev–Trinajstić information content (AvgIpc) is 2.33. The Hall–Kier alpha value is -1.48. The third-order valence-electron chi connectivity index (χ3n) is 2.97. The molecule has 0 aliphatic heterocycles. The highest BCUT2D eigenvalue weighted by atomic mass is 16.4. The number of ketones is 3. The van der Waals surface area contributed by atoms with E-state index in [0.29, 0.717) is 13.8 Å². The van der Waals surface area contributed by atoms with Crippen molar-refractivity contribution in [3.05, 3.63) is 0 Å². The summed E-state index contributed by atoms with van der Waals surface area (Å²) in [6.07, 6.45) is -5.21. The zero-order chi connectivity index (χ0) is 15.6. The van der Waals surface area contributed by atoms with Crippen LogP contribution in [0.15, 0.2) is 0 Å². The summed E-state index contributed by atoms with van der Waals surface area (Å²) >= 11 is 0. The van der Waals surface area contributed by atoms with Crippen LogP contribution in [-0.4, -0.2) is 67.5 Å². The lowest BCUT2D eigenvalue weighted by atomic mass is 9.72. The Kier molecular flexibility index (Phi) is 5.22. The summed E-state index contributed by atoms with van der Waals surface area (Å²) in [5.41, 5.74) is -6.60. The molecule has 108 valence electrons. The van der Waals surface area contributed by atoms with Crippen LogP contribution < -0.4 is 0 Å². The summed E-state index contributed by atoms with van der Waals surface area (Å²) in [5.74, 6) is -3.70. The van der Waals surface area contributed by atoms with Crippen molar-refractivity contribution >= 4 is 23.6 Å². The van der Waals surface area contributed by atoms with Crippen LogP contribution in [0.3, 0.4) is 0 Å². The highest BCUT2D eigenvalue weighted by Gasteiger charge is 2.62. The maximum absolute atomic E-state index is 11.4. The zero-order valence-electron chi connectivity index (χ0n) is 10.7. The summed E-state index contributed by atoms with van der Waals surface area (Å²) in [5, 5.41) is 38.9. The summed E-state index contributed by atoms with van der Waals surface area (Å²) in [4.78, 5) is 44.5. The summed E-state index contributed by atoms with van der Waals surface area (Å²) < 4.78 is 0. The zero-order valence-corrected chi connectivity index (χ0v) is 10.7. The molecule has 0 bridgehead atoms. The minimum absolute atomic E-state index is 0.424. The van der Waals surface area contributed by atoms with E-state index < -0.39 is 47.0 Å². The molecule has 0 saturated carbocycles. The Bertz CT molecular complexity index is 417. The van der Waals surface area contributed by atoms with E-state index in [1.54, 1.807) is 0 Å². The normalized spacial score (nSPS) is 20.6. The van der Waals surface area contributed by atoms with Crippen molar-refractivity contribution in [1.29, 1.82) is 0 Å². The fourth-order valence-corrected chi connectivity index (χ4v) is 1.59. The monoisotopic (exact) mass is 276 g/mol. The van der Waals surface area contributed by atoms with Crippen LogP contribution in [0.4, 0.5) is 0 Å². The Morgan fingerprint density at radius 1 is 1.00 bits per heavy atom. The number of rotatable bonds is 7. The molecule has 1 unspecified atom stereocenters. The summed E-state index contributed by atoms with van der Waals surface area (Å²) in [6.45, 7) is 2.24. The predicted octanol–water partition coefficient (Wildman–Crippen LogP) is -2.86. The van der Waals surface area contributed by atoms with E-state index in [1.165, 1.54) is 0 Å². The van der Waals surface area contributed by atoms with Crippen LogP contribution in [0.2, 0.25) is 0 Å². The van der Waals surface area contributed by atoms with Crippen LogP contribution in [0.25, 0.3) is 0 Å². The smallest absolute Gasteiger partial charge is 0.216 e. The standard InChI is InChI=1S/C11H16O8/c1-5(13)8(16)9(17)11(19,7(3)15)10(18,4-12)6(2)14/h4,8-9,16-19H,1-3H3/t8?,9-,10-,11-/m1/s1. The number of carbonyl (C=O) groups is 4. The van der Waals surface area contributed by atoms with Gasteiger partial charge in [-0.15, -0.1) is 0 Å². The lowest BCUT2D eigenvalue weighted by Crippen LogP contribution is -2.72. The van der Waals surface area contributed by atoms with Crippen LogP contribution in [0, 0.1) is 0 Å². The molecule has 4 atom stereocenters. The minimum Gasteiger partial charge on any atom is -0.386 e. The van der Waals surface area contributed by atoms with Crippen molar-refractivity contribution in [1.82, 2.24) is 0 Å². The largest absolute Gasteiger partial charge is 0.386 e. The molecule has 0 aliphatic rings. The third kappa shape index (κ3) is 2.61. The highest BCUT2D eigenvalue weighted by Crippen LogP contribution is 2.29. The van der Waals surface area contributed by atoms with Gasteiger partial charge < -0.3 is 20.4 Å². The van der Waals surface area contributed by atoms with Gasteiger partial charge >= 0.3 is 0 Å². The van der Waals surface area contributed by atoms with Crippen LogP contribution in [0.1, 0.15) is 20.8 Å². The van der Waals surface area contributed by atoms with E-state index in [1.807, 2.05) is 0 Å². The Morgan fingerprint density at radius 2 is 1.42 bits per heavy atom. The Morgan fingerprint density at radius 3 is 1.63 bits per heavy atom. The number of Topliss-reactive ketones (excluding diaryl/α,β-unsaturated/α-hetero) is 3. The first-order chi connectivity index (χ1) is 8.46. The average molecular weight is 276 g/mol. The van der Waals surface area contributed by atoms with Gasteiger partial charge in [0.25, 0.3) is 0 Å². The molecule has 0 radical (unpaired) electrons. The van der Waals surface area contributed by atoms with E-state index in [9.17, 15) is 39.6 Å². The van der Waals surface area contributed by atoms with Crippen molar-refractivity contribution in [2.45, 2.75) is 44.2 Å². The molecule has 4 N–H and O–H groups in total.